The molecule has 0 radical (unpaired) electrons. The third kappa shape index (κ3) is 3.61. The van der Waals surface area contributed by atoms with Gasteiger partial charge in [0.2, 0.25) is 0 Å². The Labute approximate surface area is 149 Å². The van der Waals surface area contributed by atoms with E-state index in [4.69, 9.17) is 11.6 Å². The summed E-state index contributed by atoms with van der Waals surface area (Å²) in [5.41, 5.74) is 2.48. The number of allylic oxidation sites excluding steroid dienone is 2. The van der Waals surface area contributed by atoms with Gasteiger partial charge in [-0.15, -0.1) is 0 Å². The number of carbonyl (C=O) groups is 2. The number of nitrogens with zero attached hydrogens (tertiary/aromatic N) is 1. The first-order valence-corrected chi connectivity index (χ1v) is 8.51. The molecule has 0 aliphatic carbocycles. The Bertz CT molecular complexity index is 859. The Kier molecular flexibility index (Phi) is 4.88. The van der Waals surface area contributed by atoms with Crippen LogP contribution in [0.5, 0.6) is 0 Å². The van der Waals surface area contributed by atoms with Gasteiger partial charge in [0.05, 0.1) is 10.6 Å². The summed E-state index contributed by atoms with van der Waals surface area (Å²) in [4.78, 5) is 26.3. The number of benzene rings is 2. The zero-order valence-corrected chi connectivity index (χ0v) is 14.5. The van der Waals surface area contributed by atoms with E-state index in [1.807, 2.05) is 49.4 Å². The summed E-state index contributed by atoms with van der Waals surface area (Å²) in [7, 11) is 0. The molecule has 1 aliphatic heterocycles. The summed E-state index contributed by atoms with van der Waals surface area (Å²) in [6.45, 7) is 1.91. The minimum absolute atomic E-state index is 0.318. The second-order valence-corrected chi connectivity index (χ2v) is 6.73. The monoisotopic (exact) mass is 355 g/mol. The van der Waals surface area contributed by atoms with E-state index in [2.05, 4.69) is 0 Å². The average Bonchev–Trinajstić information content (AvgIpc) is 2.82. The smallest absolute Gasteiger partial charge is 0.268 e. The molecule has 3 nitrogen and oxygen atoms in total. The first-order valence-electron chi connectivity index (χ1n) is 7.31. The Morgan fingerprint density at radius 2 is 1.83 bits per heavy atom. The molecular formula is C19H14ClNO2S. The van der Waals surface area contributed by atoms with Crippen LogP contribution in [0.1, 0.15) is 11.1 Å². The van der Waals surface area contributed by atoms with Crippen LogP contribution in [0.2, 0.25) is 0 Å². The molecule has 2 aromatic carbocycles. The largest absolute Gasteiger partial charge is 0.298 e. The van der Waals surface area contributed by atoms with Gasteiger partial charge in [-0.1, -0.05) is 54.1 Å². The summed E-state index contributed by atoms with van der Waals surface area (Å²) in [5, 5.41) is 0.0805. The molecule has 5 heteroatoms. The highest BCUT2D eigenvalue weighted by atomic mass is 35.5. The Hall–Kier alpha value is -2.30. The van der Waals surface area contributed by atoms with Gasteiger partial charge in [-0.25, -0.2) is 4.90 Å². The predicted octanol–water partition coefficient (Wildman–Crippen LogP) is 5.36. The van der Waals surface area contributed by atoms with E-state index in [1.165, 1.54) is 11.0 Å². The highest BCUT2D eigenvalue weighted by Gasteiger charge is 2.36. The highest BCUT2D eigenvalue weighted by Crippen LogP contribution is 2.35. The molecule has 0 saturated carbocycles. The molecule has 2 amide bonds. The molecule has 0 spiro atoms. The molecule has 2 aromatic rings. The van der Waals surface area contributed by atoms with E-state index in [9.17, 15) is 9.59 Å². The summed E-state index contributed by atoms with van der Waals surface area (Å²) in [6, 6.07) is 16.8. The minimum atomic E-state index is -0.352. The normalized spacial score (nSPS) is 17.0. The number of hydrogen-bond acceptors (Lipinski definition) is 3. The Balaban J connectivity index is 1.87. The van der Waals surface area contributed by atoms with Crippen LogP contribution < -0.4 is 4.90 Å². The molecule has 120 valence electrons. The van der Waals surface area contributed by atoms with Crippen LogP contribution in [0, 0.1) is 6.92 Å². The number of thioether (sulfide) groups is 1. The second-order valence-electron chi connectivity index (χ2n) is 5.30. The number of amides is 2. The highest BCUT2D eigenvalue weighted by molar-refractivity contribution is 8.18. The van der Waals surface area contributed by atoms with E-state index in [0.717, 1.165) is 22.9 Å². The van der Waals surface area contributed by atoms with E-state index < -0.39 is 0 Å². The lowest BCUT2D eigenvalue weighted by molar-refractivity contribution is -0.113. The first-order chi connectivity index (χ1) is 11.5. The number of carbonyl (C=O) groups excluding carboxylic acids is 2. The van der Waals surface area contributed by atoms with Crippen molar-refractivity contribution in [1.29, 1.82) is 0 Å². The van der Waals surface area contributed by atoms with Gasteiger partial charge in [0.15, 0.2) is 0 Å². The van der Waals surface area contributed by atoms with Crippen molar-refractivity contribution < 1.29 is 9.59 Å². The van der Waals surface area contributed by atoms with E-state index in [-0.39, 0.29) is 11.1 Å². The zero-order chi connectivity index (χ0) is 17.1. The topological polar surface area (TPSA) is 37.4 Å². The third-order valence-electron chi connectivity index (χ3n) is 3.43. The predicted molar refractivity (Wildman–Crippen MR) is 100 cm³/mol. The molecule has 0 N–H and O–H groups in total. The lowest BCUT2D eigenvalue weighted by Gasteiger charge is -2.12. The van der Waals surface area contributed by atoms with Crippen molar-refractivity contribution in [2.45, 2.75) is 6.92 Å². The molecule has 24 heavy (non-hydrogen) atoms. The van der Waals surface area contributed by atoms with E-state index >= 15 is 0 Å². The average molecular weight is 356 g/mol. The molecule has 0 unspecified atom stereocenters. The van der Waals surface area contributed by atoms with Crippen molar-refractivity contribution in [3.8, 4) is 0 Å². The molecule has 1 heterocycles. The molecule has 0 bridgehead atoms. The zero-order valence-electron chi connectivity index (χ0n) is 12.9. The maximum atomic E-state index is 12.5. The number of halogens is 1. The molecule has 1 aliphatic rings. The fraction of sp³-hybridized carbons (Fsp3) is 0.0526. The van der Waals surface area contributed by atoms with Gasteiger partial charge in [0, 0.05) is 5.03 Å². The van der Waals surface area contributed by atoms with Crippen molar-refractivity contribution in [3.05, 3.63) is 81.7 Å². The fourth-order valence-electron chi connectivity index (χ4n) is 2.33. The molecule has 3 rings (SSSR count). The maximum Gasteiger partial charge on any atom is 0.298 e. The van der Waals surface area contributed by atoms with Crippen LogP contribution in [0.25, 0.3) is 6.08 Å². The minimum Gasteiger partial charge on any atom is -0.268 e. The van der Waals surface area contributed by atoms with Crippen molar-refractivity contribution in [2.24, 2.45) is 0 Å². The SMILES string of the molecule is Cc1cccc(N2C(=O)S/C(=C\C(Cl)=C\c3ccccc3)C2=O)c1. The molecule has 1 fully saturated rings. The van der Waals surface area contributed by atoms with Gasteiger partial charge in [-0.2, -0.15) is 0 Å². The standard InChI is InChI=1S/C19H14ClNO2S/c1-13-6-5-9-16(10-13)21-18(22)17(24-19(21)23)12-15(20)11-14-7-3-2-4-8-14/h2-12H,1H3/b15-11-,17-12-. The van der Waals surface area contributed by atoms with Crippen LogP contribution in [0.15, 0.2) is 70.6 Å². The van der Waals surface area contributed by atoms with Crippen molar-refractivity contribution in [2.75, 3.05) is 4.90 Å². The number of imide groups is 1. The summed E-state index contributed by atoms with van der Waals surface area (Å²) in [5.74, 6) is -0.352. The van der Waals surface area contributed by atoms with Crippen LogP contribution in [0.3, 0.4) is 0 Å². The molecular weight excluding hydrogens is 342 g/mol. The van der Waals surface area contributed by atoms with Gasteiger partial charge < -0.3 is 0 Å². The van der Waals surface area contributed by atoms with Gasteiger partial charge in [0.25, 0.3) is 11.1 Å². The molecule has 1 saturated heterocycles. The Morgan fingerprint density at radius 1 is 1.08 bits per heavy atom. The van der Waals surface area contributed by atoms with Gasteiger partial charge >= 0.3 is 0 Å². The molecule has 0 atom stereocenters. The van der Waals surface area contributed by atoms with Crippen molar-refractivity contribution in [1.82, 2.24) is 0 Å². The number of hydrogen-bond donors (Lipinski definition) is 0. The number of anilines is 1. The van der Waals surface area contributed by atoms with Crippen LogP contribution in [-0.2, 0) is 4.79 Å². The maximum absolute atomic E-state index is 12.5. The molecule has 0 aromatic heterocycles. The summed E-state index contributed by atoms with van der Waals surface area (Å²) < 4.78 is 0. The number of aryl methyl sites for hydroxylation is 1. The van der Waals surface area contributed by atoms with Gasteiger partial charge in [-0.3, -0.25) is 9.59 Å². The van der Waals surface area contributed by atoms with Gasteiger partial charge in [-0.05, 0) is 54.1 Å². The summed E-state index contributed by atoms with van der Waals surface area (Å²) in [6.07, 6.45) is 3.29. The lowest BCUT2D eigenvalue weighted by Crippen LogP contribution is -2.27. The van der Waals surface area contributed by atoms with Crippen LogP contribution >= 0.6 is 23.4 Å². The van der Waals surface area contributed by atoms with Crippen LogP contribution in [0.4, 0.5) is 10.5 Å². The quantitative estimate of drug-likeness (QED) is 0.695. The van der Waals surface area contributed by atoms with Crippen molar-refractivity contribution in [3.63, 3.8) is 0 Å². The first kappa shape index (κ1) is 16.6. The third-order valence-corrected chi connectivity index (χ3v) is 4.51. The van der Waals surface area contributed by atoms with E-state index in [0.29, 0.717) is 15.6 Å². The second kappa shape index (κ2) is 7.07. The number of rotatable bonds is 3. The van der Waals surface area contributed by atoms with E-state index in [1.54, 1.807) is 18.2 Å². The summed E-state index contributed by atoms with van der Waals surface area (Å²) >= 11 is 7.11. The fourth-order valence-corrected chi connectivity index (χ4v) is 3.46. The van der Waals surface area contributed by atoms with Crippen molar-refractivity contribution >= 4 is 46.3 Å². The van der Waals surface area contributed by atoms with Crippen LogP contribution in [-0.4, -0.2) is 11.1 Å². The van der Waals surface area contributed by atoms with Gasteiger partial charge in [0.1, 0.15) is 0 Å². The lowest BCUT2D eigenvalue weighted by atomic mass is 10.2. The Morgan fingerprint density at radius 3 is 2.54 bits per heavy atom.